The number of ether oxygens (including phenoxy) is 2. The van der Waals surface area contributed by atoms with Gasteiger partial charge in [-0.2, -0.15) is 0 Å². The van der Waals surface area contributed by atoms with E-state index >= 15 is 0 Å². The molecule has 0 heterocycles. The third-order valence-electron chi connectivity index (χ3n) is 2.71. The van der Waals surface area contributed by atoms with Crippen LogP contribution in [0, 0.1) is 10.1 Å². The second-order valence-electron chi connectivity index (χ2n) is 4.04. The molecular weight excluding hydrogens is 262 g/mol. The third kappa shape index (κ3) is 3.17. The molecule has 0 saturated heterocycles. The van der Waals surface area contributed by atoms with E-state index in [0.29, 0.717) is 17.1 Å². The number of nitrogens with zero attached hydrogens (tertiary/aromatic N) is 1. The number of hydrogen-bond acceptors (Lipinski definition) is 5. The van der Waals surface area contributed by atoms with E-state index in [0.717, 1.165) is 0 Å². The number of aromatic hydroxyl groups is 1. The standard InChI is InChI=1S/C14H13NO5/c1-19-14-7-2-11(15(17)18)8-10(14)9-20-13-5-3-12(16)4-6-13/h2-8,16H,9H2,1H3. The molecule has 2 aromatic rings. The maximum Gasteiger partial charge on any atom is 0.270 e. The van der Waals surface area contributed by atoms with Crippen LogP contribution in [-0.4, -0.2) is 17.1 Å². The molecule has 20 heavy (non-hydrogen) atoms. The van der Waals surface area contributed by atoms with Gasteiger partial charge in [0, 0.05) is 17.7 Å². The molecule has 0 amide bonds. The number of non-ortho nitro benzene ring substituents is 1. The van der Waals surface area contributed by atoms with Crippen LogP contribution >= 0.6 is 0 Å². The molecule has 6 nitrogen and oxygen atoms in total. The lowest BCUT2D eigenvalue weighted by molar-refractivity contribution is -0.385. The first kappa shape index (κ1) is 13.7. The fourth-order valence-corrected chi connectivity index (χ4v) is 1.69. The van der Waals surface area contributed by atoms with Gasteiger partial charge in [0.25, 0.3) is 5.69 Å². The first-order chi connectivity index (χ1) is 9.60. The predicted molar refractivity (Wildman–Crippen MR) is 72.1 cm³/mol. The number of benzene rings is 2. The molecule has 0 unspecified atom stereocenters. The minimum absolute atomic E-state index is 0.0184. The fourth-order valence-electron chi connectivity index (χ4n) is 1.69. The van der Waals surface area contributed by atoms with E-state index in [1.165, 1.54) is 37.4 Å². The molecule has 0 radical (unpaired) electrons. The minimum atomic E-state index is -0.469. The van der Waals surface area contributed by atoms with Gasteiger partial charge in [0.2, 0.25) is 0 Å². The van der Waals surface area contributed by atoms with Crippen LogP contribution in [0.3, 0.4) is 0 Å². The van der Waals surface area contributed by atoms with E-state index in [9.17, 15) is 15.2 Å². The van der Waals surface area contributed by atoms with E-state index < -0.39 is 4.92 Å². The number of hydrogen-bond donors (Lipinski definition) is 1. The summed E-state index contributed by atoms with van der Waals surface area (Å²) in [7, 11) is 1.49. The van der Waals surface area contributed by atoms with Gasteiger partial charge in [-0.3, -0.25) is 10.1 Å². The topological polar surface area (TPSA) is 81.8 Å². The predicted octanol–water partition coefficient (Wildman–Crippen LogP) is 2.89. The SMILES string of the molecule is COc1ccc([N+](=O)[O-])cc1COc1ccc(O)cc1. The molecule has 0 bridgehead atoms. The molecular formula is C14H13NO5. The summed E-state index contributed by atoms with van der Waals surface area (Å²) in [6, 6.07) is 10.5. The molecule has 0 aliphatic heterocycles. The maximum atomic E-state index is 10.8. The van der Waals surface area contributed by atoms with Crippen molar-refractivity contribution in [3.05, 3.63) is 58.1 Å². The Morgan fingerprint density at radius 1 is 1.20 bits per heavy atom. The Morgan fingerprint density at radius 2 is 1.90 bits per heavy atom. The number of nitro groups is 1. The van der Waals surface area contributed by atoms with Crippen molar-refractivity contribution in [2.24, 2.45) is 0 Å². The highest BCUT2D eigenvalue weighted by Crippen LogP contribution is 2.25. The number of rotatable bonds is 5. The van der Waals surface area contributed by atoms with Gasteiger partial charge < -0.3 is 14.6 Å². The van der Waals surface area contributed by atoms with E-state index in [4.69, 9.17) is 9.47 Å². The minimum Gasteiger partial charge on any atom is -0.508 e. The van der Waals surface area contributed by atoms with Crippen LogP contribution in [0.2, 0.25) is 0 Å². The first-order valence-corrected chi connectivity index (χ1v) is 5.83. The lowest BCUT2D eigenvalue weighted by Crippen LogP contribution is -2.00. The van der Waals surface area contributed by atoms with Crippen LogP contribution in [0.5, 0.6) is 17.2 Å². The molecule has 0 atom stereocenters. The van der Waals surface area contributed by atoms with Crippen LogP contribution in [-0.2, 0) is 6.61 Å². The van der Waals surface area contributed by atoms with Gasteiger partial charge in [-0.15, -0.1) is 0 Å². The average Bonchev–Trinajstić information content (AvgIpc) is 2.46. The second kappa shape index (κ2) is 5.92. The highest BCUT2D eigenvalue weighted by atomic mass is 16.6. The van der Waals surface area contributed by atoms with Gasteiger partial charge in [-0.25, -0.2) is 0 Å². The summed E-state index contributed by atoms with van der Waals surface area (Å²) in [6.07, 6.45) is 0. The van der Waals surface area contributed by atoms with Gasteiger partial charge in [0.1, 0.15) is 23.9 Å². The van der Waals surface area contributed by atoms with Crippen LogP contribution in [0.15, 0.2) is 42.5 Å². The average molecular weight is 275 g/mol. The van der Waals surface area contributed by atoms with E-state index in [1.54, 1.807) is 12.1 Å². The van der Waals surface area contributed by atoms with Crippen LogP contribution in [0.25, 0.3) is 0 Å². The fraction of sp³-hybridized carbons (Fsp3) is 0.143. The summed E-state index contributed by atoms with van der Waals surface area (Å²) < 4.78 is 10.7. The van der Waals surface area contributed by atoms with Gasteiger partial charge in [-0.05, 0) is 30.3 Å². The molecule has 2 rings (SSSR count). The Hall–Kier alpha value is -2.76. The number of methoxy groups -OCH3 is 1. The summed E-state index contributed by atoms with van der Waals surface area (Å²) in [5, 5.41) is 19.9. The monoisotopic (exact) mass is 275 g/mol. The molecule has 0 aromatic heterocycles. The normalized spacial score (nSPS) is 10.1. The molecule has 0 fully saturated rings. The van der Waals surface area contributed by atoms with Crippen molar-refractivity contribution >= 4 is 5.69 Å². The van der Waals surface area contributed by atoms with Crippen molar-refractivity contribution in [1.29, 1.82) is 0 Å². The van der Waals surface area contributed by atoms with Crippen molar-refractivity contribution in [2.75, 3.05) is 7.11 Å². The summed E-state index contributed by atoms with van der Waals surface area (Å²) in [5.74, 6) is 1.22. The summed E-state index contributed by atoms with van der Waals surface area (Å²) >= 11 is 0. The lowest BCUT2D eigenvalue weighted by Gasteiger charge is -2.10. The molecule has 0 spiro atoms. The number of phenols is 1. The Morgan fingerprint density at radius 3 is 2.50 bits per heavy atom. The lowest BCUT2D eigenvalue weighted by atomic mass is 10.2. The second-order valence-corrected chi connectivity index (χ2v) is 4.04. The largest absolute Gasteiger partial charge is 0.508 e. The zero-order valence-corrected chi connectivity index (χ0v) is 10.8. The van der Waals surface area contributed by atoms with Crippen molar-refractivity contribution in [1.82, 2.24) is 0 Å². The van der Waals surface area contributed by atoms with Gasteiger partial charge in [0.15, 0.2) is 0 Å². The van der Waals surface area contributed by atoms with E-state index in [1.807, 2.05) is 0 Å². The zero-order chi connectivity index (χ0) is 14.5. The molecule has 1 N–H and O–H groups in total. The highest BCUT2D eigenvalue weighted by molar-refractivity contribution is 5.43. The zero-order valence-electron chi connectivity index (χ0n) is 10.8. The van der Waals surface area contributed by atoms with Crippen molar-refractivity contribution in [3.8, 4) is 17.2 Å². The van der Waals surface area contributed by atoms with Crippen molar-refractivity contribution in [2.45, 2.75) is 6.61 Å². The smallest absolute Gasteiger partial charge is 0.270 e. The van der Waals surface area contributed by atoms with Crippen LogP contribution < -0.4 is 9.47 Å². The Bertz CT molecular complexity index is 609. The van der Waals surface area contributed by atoms with Gasteiger partial charge in [0.05, 0.1) is 12.0 Å². The Labute approximate surface area is 115 Å². The number of nitro benzene ring substituents is 1. The molecule has 0 aliphatic rings. The molecule has 104 valence electrons. The quantitative estimate of drug-likeness (QED) is 0.670. The maximum absolute atomic E-state index is 10.8. The summed E-state index contributed by atoms with van der Waals surface area (Å²) in [6.45, 7) is 0.135. The van der Waals surface area contributed by atoms with Crippen molar-refractivity contribution < 1.29 is 19.5 Å². The summed E-state index contributed by atoms with van der Waals surface area (Å²) in [4.78, 5) is 10.3. The molecule has 0 aliphatic carbocycles. The Kier molecular flexibility index (Phi) is 4.05. The van der Waals surface area contributed by atoms with Crippen LogP contribution in [0.1, 0.15) is 5.56 Å². The van der Waals surface area contributed by atoms with Crippen molar-refractivity contribution in [3.63, 3.8) is 0 Å². The van der Waals surface area contributed by atoms with Crippen LogP contribution in [0.4, 0.5) is 5.69 Å². The molecule has 6 heteroatoms. The summed E-state index contributed by atoms with van der Waals surface area (Å²) in [5.41, 5.74) is 0.560. The molecule has 0 saturated carbocycles. The van der Waals surface area contributed by atoms with E-state index in [-0.39, 0.29) is 18.0 Å². The molecule has 2 aromatic carbocycles. The number of phenolic OH excluding ortho intramolecular Hbond substituents is 1. The van der Waals surface area contributed by atoms with Gasteiger partial charge in [-0.1, -0.05) is 0 Å². The highest BCUT2D eigenvalue weighted by Gasteiger charge is 2.11. The van der Waals surface area contributed by atoms with E-state index in [2.05, 4.69) is 0 Å². The first-order valence-electron chi connectivity index (χ1n) is 5.83. The Balaban J connectivity index is 2.16. The van der Waals surface area contributed by atoms with Gasteiger partial charge >= 0.3 is 0 Å². The third-order valence-corrected chi connectivity index (χ3v) is 2.71.